The Bertz CT molecular complexity index is 943. The third-order valence-corrected chi connectivity index (χ3v) is 4.03. The molecule has 0 aliphatic carbocycles. The molecule has 2 aliphatic rings. The average Bonchev–Trinajstić information content (AvgIpc) is 3.04. The van der Waals surface area contributed by atoms with Crippen molar-refractivity contribution in [1.82, 2.24) is 10.3 Å². The van der Waals surface area contributed by atoms with E-state index in [4.69, 9.17) is 5.73 Å². The summed E-state index contributed by atoms with van der Waals surface area (Å²) in [6, 6.07) is 0.215. The predicted octanol–water partition coefficient (Wildman–Crippen LogP) is -2.32. The number of carbonyl (C=O) groups is 3. The van der Waals surface area contributed by atoms with E-state index >= 15 is 0 Å². The second-order valence-electron chi connectivity index (χ2n) is 5.63. The van der Waals surface area contributed by atoms with Gasteiger partial charge in [0.05, 0.1) is 12.1 Å². The van der Waals surface area contributed by atoms with E-state index in [1.54, 1.807) is 6.92 Å². The van der Waals surface area contributed by atoms with Crippen molar-refractivity contribution in [3.8, 4) is 11.8 Å². The maximum absolute atomic E-state index is 11.6. The molecule has 3 rings (SSSR count). The number of anilines is 1. The van der Waals surface area contributed by atoms with Crippen LogP contribution >= 0.6 is 0 Å². The van der Waals surface area contributed by atoms with Crippen LogP contribution in [0.3, 0.4) is 0 Å². The lowest BCUT2D eigenvalue weighted by atomic mass is 10.2. The van der Waals surface area contributed by atoms with Gasteiger partial charge in [-0.25, -0.2) is 9.98 Å². The van der Waals surface area contributed by atoms with E-state index in [2.05, 4.69) is 32.1 Å². The Hall–Kier alpha value is -3.12. The van der Waals surface area contributed by atoms with Gasteiger partial charge in [0.15, 0.2) is 5.82 Å². The molecule has 0 radical (unpaired) electrons. The molecule has 25 heavy (non-hydrogen) atoms. The quantitative estimate of drug-likeness (QED) is 0.467. The first-order valence-electron chi connectivity index (χ1n) is 7.73. The molecule has 1 atom stereocenters. The van der Waals surface area contributed by atoms with Crippen LogP contribution in [-0.2, 0) is 9.59 Å². The van der Waals surface area contributed by atoms with Gasteiger partial charge in [-0.15, -0.1) is 5.92 Å². The van der Waals surface area contributed by atoms with Crippen LogP contribution in [0.5, 0.6) is 0 Å². The Balaban J connectivity index is 1.98. The molecular formula is C16H16N6O3. The van der Waals surface area contributed by atoms with Gasteiger partial charge in [-0.1, -0.05) is 5.92 Å². The summed E-state index contributed by atoms with van der Waals surface area (Å²) in [7, 11) is 0. The maximum atomic E-state index is 11.6. The summed E-state index contributed by atoms with van der Waals surface area (Å²) in [6.07, 6.45) is 2.13. The van der Waals surface area contributed by atoms with Gasteiger partial charge in [0, 0.05) is 25.3 Å². The van der Waals surface area contributed by atoms with E-state index in [1.165, 1.54) is 6.20 Å². The van der Waals surface area contributed by atoms with Gasteiger partial charge in [0.2, 0.25) is 0 Å². The lowest BCUT2D eigenvalue weighted by molar-refractivity contribution is -0.135. The summed E-state index contributed by atoms with van der Waals surface area (Å²) in [5, 5.41) is 3.45. The van der Waals surface area contributed by atoms with E-state index in [0.717, 1.165) is 6.42 Å². The number of hydrogen-bond donors (Lipinski definition) is 2. The van der Waals surface area contributed by atoms with Crippen LogP contribution < -0.4 is 26.7 Å². The van der Waals surface area contributed by atoms with Crippen LogP contribution in [0.4, 0.5) is 5.82 Å². The molecule has 1 aromatic rings. The number of fused-ring (bicyclic) bond motifs is 1. The van der Waals surface area contributed by atoms with Gasteiger partial charge in [-0.2, -0.15) is 4.99 Å². The number of amides is 3. The number of rotatable bonds is 4. The minimum atomic E-state index is -1.02. The summed E-state index contributed by atoms with van der Waals surface area (Å²) in [4.78, 5) is 48.4. The molecule has 0 saturated carbocycles. The summed E-state index contributed by atoms with van der Waals surface area (Å²) in [6.45, 7) is 3.69. The molecule has 0 unspecified atom stereocenters. The van der Waals surface area contributed by atoms with Crippen molar-refractivity contribution in [2.45, 2.75) is 19.4 Å². The summed E-state index contributed by atoms with van der Waals surface area (Å²) in [5.74, 6) is 3.40. The minimum absolute atomic E-state index is 0.00959. The fourth-order valence-corrected chi connectivity index (χ4v) is 2.81. The smallest absolute Gasteiger partial charge is 0.338 e. The zero-order chi connectivity index (χ0) is 18.0. The molecule has 0 aromatic carbocycles. The Labute approximate surface area is 143 Å². The highest BCUT2D eigenvalue weighted by Gasteiger charge is 2.27. The van der Waals surface area contributed by atoms with Crippen molar-refractivity contribution >= 4 is 23.5 Å². The molecule has 9 nitrogen and oxygen atoms in total. The number of aromatic nitrogens is 1. The molecule has 1 aromatic heterocycles. The van der Waals surface area contributed by atoms with Crippen molar-refractivity contribution in [3.63, 3.8) is 0 Å². The van der Waals surface area contributed by atoms with Crippen molar-refractivity contribution < 1.29 is 14.4 Å². The topological polar surface area (TPSA) is 130 Å². The van der Waals surface area contributed by atoms with E-state index < -0.39 is 17.7 Å². The Kier molecular flexibility index (Phi) is 4.54. The highest BCUT2D eigenvalue weighted by atomic mass is 16.2. The Morgan fingerprint density at radius 1 is 1.36 bits per heavy atom. The lowest BCUT2D eigenvalue weighted by Gasteiger charge is -2.18. The third kappa shape index (κ3) is 3.25. The molecule has 2 aliphatic heterocycles. The Morgan fingerprint density at radius 3 is 2.76 bits per heavy atom. The second-order valence-corrected chi connectivity index (χ2v) is 5.63. The highest BCUT2D eigenvalue weighted by molar-refractivity contribution is 6.36. The number of hydrogen-bond acceptors (Lipinski definition) is 6. The van der Waals surface area contributed by atoms with E-state index in [0.29, 0.717) is 25.5 Å². The number of nitrogens with zero attached hydrogens (tertiary/aromatic N) is 4. The van der Waals surface area contributed by atoms with Crippen molar-refractivity contribution in [2.75, 3.05) is 24.5 Å². The second kappa shape index (κ2) is 6.78. The molecule has 128 valence electrons. The Morgan fingerprint density at radius 2 is 2.08 bits per heavy atom. The van der Waals surface area contributed by atoms with Gasteiger partial charge in [-0.3, -0.25) is 14.4 Å². The van der Waals surface area contributed by atoms with E-state index in [-0.39, 0.29) is 22.3 Å². The van der Waals surface area contributed by atoms with Crippen molar-refractivity contribution in [2.24, 2.45) is 15.7 Å². The van der Waals surface area contributed by atoms with Crippen LogP contribution in [0.2, 0.25) is 0 Å². The van der Waals surface area contributed by atoms with Crippen LogP contribution in [0.25, 0.3) is 0 Å². The number of carbonyl (C=O) groups excluding carboxylic acids is 3. The number of pyridine rings is 1. The van der Waals surface area contributed by atoms with Crippen LogP contribution in [0.1, 0.15) is 23.7 Å². The lowest BCUT2D eigenvalue weighted by Crippen LogP contribution is -2.44. The summed E-state index contributed by atoms with van der Waals surface area (Å²) < 4.78 is 0. The first-order valence-corrected chi connectivity index (χ1v) is 7.73. The van der Waals surface area contributed by atoms with Gasteiger partial charge in [0.1, 0.15) is 10.7 Å². The molecule has 3 N–H and O–H groups in total. The third-order valence-electron chi connectivity index (χ3n) is 4.03. The van der Waals surface area contributed by atoms with Gasteiger partial charge >= 0.3 is 11.8 Å². The number of nitrogens with one attached hydrogen (secondary N) is 1. The van der Waals surface area contributed by atoms with Gasteiger partial charge in [0.25, 0.3) is 5.91 Å². The van der Waals surface area contributed by atoms with E-state index in [9.17, 15) is 14.4 Å². The van der Waals surface area contributed by atoms with Gasteiger partial charge < -0.3 is 16.0 Å². The van der Waals surface area contributed by atoms with Crippen LogP contribution in [0, 0.1) is 11.8 Å². The van der Waals surface area contributed by atoms with Crippen molar-refractivity contribution in [3.05, 3.63) is 22.5 Å². The van der Waals surface area contributed by atoms with Crippen molar-refractivity contribution in [1.29, 1.82) is 0 Å². The number of nitrogens with two attached hydrogens (primary N) is 1. The maximum Gasteiger partial charge on any atom is 0.338 e. The van der Waals surface area contributed by atoms with Gasteiger partial charge in [-0.05, 0) is 13.3 Å². The molecule has 1 saturated heterocycles. The first kappa shape index (κ1) is 16.7. The molecule has 3 amide bonds. The monoisotopic (exact) mass is 340 g/mol. The summed E-state index contributed by atoms with van der Waals surface area (Å²) >= 11 is 0. The molecule has 0 spiro atoms. The zero-order valence-electron chi connectivity index (χ0n) is 13.6. The predicted molar refractivity (Wildman–Crippen MR) is 87.2 cm³/mol. The largest absolute Gasteiger partial charge is 0.365 e. The highest BCUT2D eigenvalue weighted by Crippen LogP contribution is 2.14. The molecule has 1 fully saturated rings. The zero-order valence-corrected chi connectivity index (χ0v) is 13.6. The fourth-order valence-electron chi connectivity index (χ4n) is 2.81. The first-order chi connectivity index (χ1) is 12.0. The SMILES string of the molecule is CC#CCN[C@H]1CCN(c2ncc(C(N)=O)c3c2=NC(=O)C(=O)N=3)C1. The standard InChI is InChI=1S/C16H16N6O3/c1-2-3-5-18-9-4-6-22(8-9)14-12-11(10(7-19-14)13(17)23)20-15(24)16(25)21-12/h7,9,18H,4-6,8H2,1H3,(H2,17,23)/t9-/m0/s1. The van der Waals surface area contributed by atoms with E-state index in [1.807, 2.05) is 4.90 Å². The molecule has 9 heteroatoms. The molecular weight excluding hydrogens is 324 g/mol. The normalized spacial score (nSPS) is 18.8. The minimum Gasteiger partial charge on any atom is -0.365 e. The number of primary amides is 1. The summed E-state index contributed by atoms with van der Waals surface area (Å²) in [5.41, 5.74) is 5.27. The average molecular weight is 340 g/mol. The van der Waals surface area contributed by atoms with Crippen LogP contribution in [-0.4, -0.2) is 48.4 Å². The van der Waals surface area contributed by atoms with Crippen LogP contribution in [0.15, 0.2) is 16.2 Å². The molecule has 3 heterocycles. The molecule has 0 bridgehead atoms. The fraction of sp³-hybridized carbons (Fsp3) is 0.375.